The molecule has 274 valence electrons. The summed E-state index contributed by atoms with van der Waals surface area (Å²) in [4.78, 5) is 2.44. The molecule has 11 rings (SSSR count). The van der Waals surface area contributed by atoms with E-state index in [0.717, 1.165) is 40.0 Å². The van der Waals surface area contributed by atoms with Crippen LogP contribution < -0.4 is 4.90 Å². The molecule has 1 heterocycles. The van der Waals surface area contributed by atoms with E-state index in [1.54, 1.807) is 0 Å². The standard InChI is InChI=1S/C56H39NO/c1-3-13-43-35-46(29-25-38(43)11-1)40-23-27-41(28-24-40)50-17-5-7-21-54(50)57(49-16-9-15-45(37-49)47-30-26-39-12-2-4-14-44(39)36-47)48-33-31-42(32-34-48)51-19-10-20-53-52-18-6-8-22-55(52)58-56(51)53/h1-31,33-37,42H,32H2. The zero-order valence-electron chi connectivity index (χ0n) is 31.9. The van der Waals surface area contributed by atoms with Crippen LogP contribution in [0.2, 0.25) is 0 Å². The summed E-state index contributed by atoms with van der Waals surface area (Å²) in [6.45, 7) is 0. The molecule has 0 radical (unpaired) electrons. The summed E-state index contributed by atoms with van der Waals surface area (Å²) >= 11 is 0. The molecule has 1 aliphatic carbocycles. The van der Waals surface area contributed by atoms with Crippen molar-refractivity contribution in [2.24, 2.45) is 0 Å². The monoisotopic (exact) mass is 741 g/mol. The van der Waals surface area contributed by atoms with Crippen molar-refractivity contribution < 1.29 is 4.42 Å². The van der Waals surface area contributed by atoms with Crippen molar-refractivity contribution >= 4 is 54.9 Å². The van der Waals surface area contributed by atoms with E-state index >= 15 is 0 Å². The average Bonchev–Trinajstić information content (AvgIpc) is 3.69. The van der Waals surface area contributed by atoms with Crippen LogP contribution in [0.15, 0.2) is 229 Å². The zero-order valence-corrected chi connectivity index (χ0v) is 31.9. The molecular formula is C56H39NO. The Hall–Kier alpha value is -7.42. The zero-order chi connectivity index (χ0) is 38.4. The van der Waals surface area contributed by atoms with E-state index in [-0.39, 0.29) is 5.92 Å². The largest absolute Gasteiger partial charge is 0.456 e. The number of allylic oxidation sites excluding steroid dienone is 3. The number of hydrogen-bond acceptors (Lipinski definition) is 2. The SMILES string of the molecule is C1=CC(c2cccc3c2oc2ccccc23)CC=C1N(c1cccc(-c2ccc3ccccc3c2)c1)c1ccccc1-c1ccc(-c2ccc3ccccc3c2)cc1. The smallest absolute Gasteiger partial charge is 0.139 e. The highest BCUT2D eigenvalue weighted by Gasteiger charge is 2.23. The third kappa shape index (κ3) is 6.07. The van der Waals surface area contributed by atoms with Gasteiger partial charge in [-0.25, -0.2) is 0 Å². The Morgan fingerprint density at radius 3 is 1.81 bits per heavy atom. The summed E-state index contributed by atoms with van der Waals surface area (Å²) in [6.07, 6.45) is 7.91. The van der Waals surface area contributed by atoms with Crippen molar-refractivity contribution in [1.82, 2.24) is 0 Å². The first-order valence-corrected chi connectivity index (χ1v) is 20.1. The van der Waals surface area contributed by atoms with Gasteiger partial charge in [-0.1, -0.05) is 176 Å². The van der Waals surface area contributed by atoms with Crippen LogP contribution in [0, 0.1) is 0 Å². The molecule has 0 spiro atoms. The fourth-order valence-electron chi connectivity index (χ4n) is 8.81. The second-order valence-electron chi connectivity index (χ2n) is 15.3. The summed E-state index contributed by atoms with van der Waals surface area (Å²) < 4.78 is 6.49. The van der Waals surface area contributed by atoms with Crippen LogP contribution in [0.5, 0.6) is 0 Å². The number of hydrogen-bond donors (Lipinski definition) is 0. The van der Waals surface area contributed by atoms with Gasteiger partial charge in [0.05, 0.1) is 5.69 Å². The first kappa shape index (κ1) is 33.9. The van der Waals surface area contributed by atoms with Crippen molar-refractivity contribution in [3.05, 3.63) is 230 Å². The Morgan fingerprint density at radius 2 is 1.05 bits per heavy atom. The fraction of sp³-hybridized carbons (Fsp3) is 0.0357. The second kappa shape index (κ2) is 14.3. The second-order valence-corrected chi connectivity index (χ2v) is 15.3. The van der Waals surface area contributed by atoms with Gasteiger partial charge in [-0.15, -0.1) is 0 Å². The van der Waals surface area contributed by atoms with E-state index in [0.29, 0.717) is 0 Å². The quantitative estimate of drug-likeness (QED) is 0.162. The Bertz CT molecular complexity index is 3220. The number of furan rings is 1. The normalized spacial score (nSPS) is 14.0. The van der Waals surface area contributed by atoms with E-state index in [1.807, 2.05) is 6.07 Å². The highest BCUT2D eigenvalue weighted by molar-refractivity contribution is 6.06. The van der Waals surface area contributed by atoms with E-state index in [9.17, 15) is 0 Å². The first-order valence-electron chi connectivity index (χ1n) is 20.1. The lowest BCUT2D eigenvalue weighted by Crippen LogP contribution is -2.18. The molecule has 0 N–H and O–H groups in total. The van der Waals surface area contributed by atoms with E-state index in [4.69, 9.17) is 4.42 Å². The molecule has 9 aromatic carbocycles. The van der Waals surface area contributed by atoms with Crippen LogP contribution in [0.4, 0.5) is 11.4 Å². The molecule has 0 bridgehead atoms. The summed E-state index contributed by atoms with van der Waals surface area (Å²) in [5.74, 6) is 0.191. The molecule has 0 saturated carbocycles. The molecule has 0 saturated heterocycles. The lowest BCUT2D eigenvalue weighted by atomic mass is 9.89. The third-order valence-corrected chi connectivity index (χ3v) is 11.8. The van der Waals surface area contributed by atoms with Crippen LogP contribution in [-0.2, 0) is 0 Å². The van der Waals surface area contributed by atoms with Gasteiger partial charge in [-0.3, -0.25) is 0 Å². The average molecular weight is 742 g/mol. The maximum Gasteiger partial charge on any atom is 0.139 e. The number of benzene rings is 9. The molecule has 1 atom stereocenters. The van der Waals surface area contributed by atoms with Gasteiger partial charge in [0.15, 0.2) is 0 Å². The van der Waals surface area contributed by atoms with Crippen molar-refractivity contribution in [2.45, 2.75) is 12.3 Å². The number of para-hydroxylation sites is 3. The minimum absolute atomic E-state index is 0.191. The highest BCUT2D eigenvalue weighted by atomic mass is 16.3. The van der Waals surface area contributed by atoms with Gasteiger partial charge in [0, 0.05) is 39.2 Å². The summed E-state index contributed by atoms with van der Waals surface area (Å²) in [5, 5.41) is 7.32. The van der Waals surface area contributed by atoms with Gasteiger partial charge in [0.1, 0.15) is 11.2 Å². The molecule has 0 amide bonds. The topological polar surface area (TPSA) is 16.4 Å². The molecule has 2 nitrogen and oxygen atoms in total. The van der Waals surface area contributed by atoms with E-state index in [1.165, 1.54) is 65.9 Å². The van der Waals surface area contributed by atoms with E-state index < -0.39 is 0 Å². The lowest BCUT2D eigenvalue weighted by molar-refractivity contribution is 0.657. The van der Waals surface area contributed by atoms with Crippen molar-refractivity contribution in [3.8, 4) is 33.4 Å². The predicted octanol–water partition coefficient (Wildman–Crippen LogP) is 15.7. The number of fused-ring (bicyclic) bond motifs is 5. The van der Waals surface area contributed by atoms with Crippen LogP contribution in [0.25, 0.3) is 76.9 Å². The van der Waals surface area contributed by atoms with Gasteiger partial charge in [-0.2, -0.15) is 0 Å². The fourth-order valence-corrected chi connectivity index (χ4v) is 8.81. The minimum Gasteiger partial charge on any atom is -0.456 e. The van der Waals surface area contributed by atoms with Gasteiger partial charge in [-0.05, 0) is 98.3 Å². The number of anilines is 2. The van der Waals surface area contributed by atoms with Crippen LogP contribution in [-0.4, -0.2) is 0 Å². The first-order chi connectivity index (χ1) is 28.7. The van der Waals surface area contributed by atoms with Crippen molar-refractivity contribution in [1.29, 1.82) is 0 Å². The molecule has 1 unspecified atom stereocenters. The van der Waals surface area contributed by atoms with Gasteiger partial charge >= 0.3 is 0 Å². The van der Waals surface area contributed by atoms with Gasteiger partial charge in [0.2, 0.25) is 0 Å². The summed E-state index contributed by atoms with van der Waals surface area (Å²) in [6, 6.07) is 72.3. The molecule has 10 aromatic rings. The molecule has 1 aromatic heterocycles. The van der Waals surface area contributed by atoms with Crippen LogP contribution in [0.3, 0.4) is 0 Å². The van der Waals surface area contributed by atoms with Gasteiger partial charge < -0.3 is 9.32 Å². The Morgan fingerprint density at radius 1 is 0.448 bits per heavy atom. The molecule has 0 fully saturated rings. The molecule has 1 aliphatic rings. The number of rotatable bonds is 7. The van der Waals surface area contributed by atoms with Crippen LogP contribution in [0.1, 0.15) is 17.9 Å². The lowest BCUT2D eigenvalue weighted by Gasteiger charge is -2.31. The Kier molecular flexibility index (Phi) is 8.33. The van der Waals surface area contributed by atoms with Crippen molar-refractivity contribution in [3.63, 3.8) is 0 Å². The predicted molar refractivity (Wildman–Crippen MR) is 245 cm³/mol. The van der Waals surface area contributed by atoms with Gasteiger partial charge in [0.25, 0.3) is 0 Å². The molecule has 58 heavy (non-hydrogen) atoms. The maximum absolute atomic E-state index is 6.49. The summed E-state index contributed by atoms with van der Waals surface area (Å²) in [5.41, 5.74) is 13.7. The highest BCUT2D eigenvalue weighted by Crippen LogP contribution is 2.43. The maximum atomic E-state index is 6.49. The third-order valence-electron chi connectivity index (χ3n) is 11.8. The summed E-state index contributed by atoms with van der Waals surface area (Å²) in [7, 11) is 0. The number of nitrogens with zero attached hydrogens (tertiary/aromatic N) is 1. The molecular weight excluding hydrogens is 703 g/mol. The Balaban J connectivity index is 0.997. The van der Waals surface area contributed by atoms with Crippen LogP contribution >= 0.6 is 0 Å². The minimum atomic E-state index is 0.191. The molecule has 2 heteroatoms. The van der Waals surface area contributed by atoms with Crippen molar-refractivity contribution in [2.75, 3.05) is 4.90 Å². The van der Waals surface area contributed by atoms with E-state index in [2.05, 4.69) is 217 Å². The Labute approximate surface area is 338 Å². The molecule has 0 aliphatic heterocycles.